The summed E-state index contributed by atoms with van der Waals surface area (Å²) in [6.45, 7) is 10.4. The molecule has 1 N–H and O–H groups in total. The van der Waals surface area contributed by atoms with Gasteiger partial charge in [-0.25, -0.2) is 4.98 Å². The third-order valence-corrected chi connectivity index (χ3v) is 6.92. The first-order valence-electron chi connectivity index (χ1n) is 11.8. The zero-order chi connectivity index (χ0) is 23.1. The molecule has 0 bridgehead atoms. The highest BCUT2D eigenvalue weighted by Crippen LogP contribution is 2.39. The van der Waals surface area contributed by atoms with E-state index < -0.39 is 0 Å². The van der Waals surface area contributed by atoms with E-state index >= 15 is 0 Å². The average molecular weight is 443 g/mol. The molecule has 2 amide bonds. The number of allylic oxidation sites excluding steroid dienone is 1. The van der Waals surface area contributed by atoms with Gasteiger partial charge in [-0.05, 0) is 49.1 Å². The van der Waals surface area contributed by atoms with E-state index in [1.54, 1.807) is 0 Å². The molecular weight excluding hydrogens is 404 g/mol. The first kappa shape index (κ1) is 24.2. The molecule has 3 unspecified atom stereocenters. The summed E-state index contributed by atoms with van der Waals surface area (Å²) < 4.78 is 4.91. The standard InChI is InChI=1S/C25H38N4O3/c1-18(2)22-14-20(19(3)13-21(22)16-27-24(30)17-32-4)15-25(31)29-11-9-28(10-12-29)23-7-5-6-8-26-23/h5-8,13,18,20-22H,9-12,14-17H2,1-4H3,(H,27,30). The highest BCUT2D eigenvalue weighted by molar-refractivity contribution is 5.77. The Hall–Kier alpha value is -2.41. The van der Waals surface area contributed by atoms with E-state index in [0.717, 1.165) is 38.4 Å². The second-order valence-corrected chi connectivity index (χ2v) is 9.41. The van der Waals surface area contributed by atoms with Gasteiger partial charge in [0.1, 0.15) is 12.4 Å². The van der Waals surface area contributed by atoms with Gasteiger partial charge in [0.25, 0.3) is 0 Å². The Morgan fingerprint density at radius 2 is 1.97 bits per heavy atom. The van der Waals surface area contributed by atoms with Crippen LogP contribution in [0.3, 0.4) is 0 Å². The van der Waals surface area contributed by atoms with Gasteiger partial charge in [0, 0.05) is 52.5 Å². The molecule has 0 aromatic carbocycles. The molecule has 1 aliphatic heterocycles. The van der Waals surface area contributed by atoms with E-state index in [2.05, 4.69) is 42.0 Å². The molecule has 7 heteroatoms. The Bertz CT molecular complexity index is 788. The van der Waals surface area contributed by atoms with Crippen molar-refractivity contribution in [1.82, 2.24) is 15.2 Å². The molecular formula is C25H38N4O3. The van der Waals surface area contributed by atoms with Crippen LogP contribution < -0.4 is 10.2 Å². The number of carbonyl (C=O) groups is 2. The van der Waals surface area contributed by atoms with Crippen LogP contribution in [0.25, 0.3) is 0 Å². The number of nitrogens with one attached hydrogen (secondary N) is 1. The predicted molar refractivity (Wildman–Crippen MR) is 126 cm³/mol. The highest BCUT2D eigenvalue weighted by Gasteiger charge is 2.34. The summed E-state index contributed by atoms with van der Waals surface area (Å²) in [4.78, 5) is 33.6. The van der Waals surface area contributed by atoms with Gasteiger partial charge in [0.2, 0.25) is 11.8 Å². The van der Waals surface area contributed by atoms with Crippen LogP contribution in [0.5, 0.6) is 0 Å². The number of anilines is 1. The van der Waals surface area contributed by atoms with Crippen LogP contribution in [0, 0.1) is 23.7 Å². The van der Waals surface area contributed by atoms with Gasteiger partial charge in [0.15, 0.2) is 0 Å². The molecule has 1 aromatic heterocycles. The summed E-state index contributed by atoms with van der Waals surface area (Å²) in [6.07, 6.45) is 5.66. The fraction of sp³-hybridized carbons (Fsp3) is 0.640. The lowest BCUT2D eigenvalue weighted by molar-refractivity contribution is -0.132. The second kappa shape index (κ2) is 11.5. The van der Waals surface area contributed by atoms with Crippen LogP contribution in [-0.4, -0.2) is 68.1 Å². The van der Waals surface area contributed by atoms with Gasteiger partial charge in [-0.1, -0.05) is 31.6 Å². The summed E-state index contributed by atoms with van der Waals surface area (Å²) in [7, 11) is 1.53. The van der Waals surface area contributed by atoms with Crippen molar-refractivity contribution in [3.63, 3.8) is 0 Å². The maximum absolute atomic E-state index is 13.1. The first-order chi connectivity index (χ1) is 15.4. The van der Waals surface area contributed by atoms with Crippen molar-refractivity contribution in [2.24, 2.45) is 23.7 Å². The Labute approximate surface area is 192 Å². The Kier molecular flexibility index (Phi) is 8.67. The quantitative estimate of drug-likeness (QED) is 0.627. The van der Waals surface area contributed by atoms with Crippen molar-refractivity contribution in [3.8, 4) is 0 Å². The monoisotopic (exact) mass is 442 g/mol. The van der Waals surface area contributed by atoms with E-state index in [4.69, 9.17) is 4.74 Å². The molecule has 0 saturated carbocycles. The Morgan fingerprint density at radius 1 is 1.22 bits per heavy atom. The lowest BCUT2D eigenvalue weighted by atomic mass is 9.69. The van der Waals surface area contributed by atoms with Crippen LogP contribution >= 0.6 is 0 Å². The fourth-order valence-electron chi connectivity index (χ4n) is 4.99. The van der Waals surface area contributed by atoms with E-state index in [-0.39, 0.29) is 24.3 Å². The minimum absolute atomic E-state index is 0.0804. The van der Waals surface area contributed by atoms with Gasteiger partial charge in [-0.2, -0.15) is 0 Å². The summed E-state index contributed by atoms with van der Waals surface area (Å²) in [5.41, 5.74) is 1.27. The normalized spacial score (nSPS) is 23.8. The lowest BCUT2D eigenvalue weighted by Crippen LogP contribution is -2.49. The van der Waals surface area contributed by atoms with Crippen LogP contribution in [0.4, 0.5) is 5.82 Å². The molecule has 1 saturated heterocycles. The third-order valence-electron chi connectivity index (χ3n) is 6.92. The molecule has 3 rings (SSSR count). The van der Waals surface area contributed by atoms with E-state index in [0.29, 0.717) is 30.7 Å². The number of hydrogen-bond donors (Lipinski definition) is 1. The molecule has 2 aliphatic rings. The molecule has 0 spiro atoms. The predicted octanol–water partition coefficient (Wildman–Crippen LogP) is 2.74. The number of carbonyl (C=O) groups excluding carboxylic acids is 2. The second-order valence-electron chi connectivity index (χ2n) is 9.41. The van der Waals surface area contributed by atoms with E-state index in [1.807, 2.05) is 29.3 Å². The Morgan fingerprint density at radius 3 is 2.59 bits per heavy atom. The molecule has 32 heavy (non-hydrogen) atoms. The molecule has 1 aliphatic carbocycles. The van der Waals surface area contributed by atoms with E-state index in [1.165, 1.54) is 12.7 Å². The molecule has 2 heterocycles. The zero-order valence-corrected chi connectivity index (χ0v) is 19.9. The largest absolute Gasteiger partial charge is 0.375 e. The Balaban J connectivity index is 1.55. The molecule has 0 radical (unpaired) electrons. The summed E-state index contributed by atoms with van der Waals surface area (Å²) >= 11 is 0. The molecule has 3 atom stereocenters. The van der Waals surface area contributed by atoms with E-state index in [9.17, 15) is 9.59 Å². The number of hydrogen-bond acceptors (Lipinski definition) is 5. The van der Waals surface area contributed by atoms with Crippen molar-refractivity contribution < 1.29 is 14.3 Å². The van der Waals surface area contributed by atoms with Crippen LogP contribution in [0.15, 0.2) is 36.0 Å². The third kappa shape index (κ3) is 6.31. The fourth-order valence-corrected chi connectivity index (χ4v) is 4.99. The minimum Gasteiger partial charge on any atom is -0.375 e. The molecule has 1 fully saturated rings. The number of rotatable bonds is 8. The van der Waals surface area contributed by atoms with Crippen molar-refractivity contribution in [2.75, 3.05) is 51.3 Å². The minimum atomic E-state index is -0.0804. The van der Waals surface area contributed by atoms with Crippen molar-refractivity contribution in [1.29, 1.82) is 0 Å². The van der Waals surface area contributed by atoms with Crippen molar-refractivity contribution in [3.05, 3.63) is 36.0 Å². The maximum Gasteiger partial charge on any atom is 0.246 e. The molecule has 176 valence electrons. The van der Waals surface area contributed by atoms with Crippen LogP contribution in [0.1, 0.15) is 33.6 Å². The van der Waals surface area contributed by atoms with Gasteiger partial charge in [0.05, 0.1) is 0 Å². The number of aromatic nitrogens is 1. The summed E-state index contributed by atoms with van der Waals surface area (Å²) in [5.74, 6) is 2.65. The summed E-state index contributed by atoms with van der Waals surface area (Å²) in [5, 5.41) is 2.99. The average Bonchev–Trinajstić information content (AvgIpc) is 2.79. The van der Waals surface area contributed by atoms with Gasteiger partial charge < -0.3 is 19.9 Å². The summed E-state index contributed by atoms with van der Waals surface area (Å²) in [6, 6.07) is 5.94. The van der Waals surface area contributed by atoms with Gasteiger partial charge >= 0.3 is 0 Å². The van der Waals surface area contributed by atoms with Gasteiger partial charge in [-0.15, -0.1) is 0 Å². The van der Waals surface area contributed by atoms with Crippen molar-refractivity contribution >= 4 is 17.6 Å². The van der Waals surface area contributed by atoms with Crippen molar-refractivity contribution in [2.45, 2.75) is 33.6 Å². The number of piperazine rings is 1. The maximum atomic E-state index is 13.1. The smallest absolute Gasteiger partial charge is 0.246 e. The number of ether oxygens (including phenoxy) is 1. The topological polar surface area (TPSA) is 74.8 Å². The molecule has 1 aromatic rings. The number of nitrogens with zero attached hydrogens (tertiary/aromatic N) is 3. The highest BCUT2D eigenvalue weighted by atomic mass is 16.5. The number of amides is 2. The number of pyridine rings is 1. The SMILES string of the molecule is COCC(=O)NCC1C=C(C)C(CC(=O)N2CCN(c3ccccn3)CC2)CC1C(C)C. The van der Waals surface area contributed by atoms with Gasteiger partial charge in [-0.3, -0.25) is 9.59 Å². The van der Waals surface area contributed by atoms with Crippen LogP contribution in [0.2, 0.25) is 0 Å². The molecule has 7 nitrogen and oxygen atoms in total. The zero-order valence-electron chi connectivity index (χ0n) is 19.9. The lowest BCUT2D eigenvalue weighted by Gasteiger charge is -2.39. The van der Waals surface area contributed by atoms with Crippen LogP contribution in [-0.2, 0) is 14.3 Å². The first-order valence-corrected chi connectivity index (χ1v) is 11.8. The number of methoxy groups -OCH3 is 1.